The number of rotatable bonds is 10. The second-order valence-corrected chi connectivity index (χ2v) is 15.8. The van der Waals surface area contributed by atoms with Gasteiger partial charge in [0, 0.05) is 50.9 Å². The quantitative estimate of drug-likeness (QED) is 0.230. The zero-order valence-corrected chi connectivity index (χ0v) is 21.4. The largest absolute Gasteiger partial charge is 0.474 e. The van der Waals surface area contributed by atoms with E-state index in [-0.39, 0.29) is 17.3 Å². The van der Waals surface area contributed by atoms with Gasteiger partial charge in [-0.2, -0.15) is 9.97 Å². The van der Waals surface area contributed by atoms with E-state index in [4.69, 9.17) is 26.2 Å². The second-order valence-electron chi connectivity index (χ2n) is 9.86. The number of amides is 1. The molecule has 9 nitrogen and oxygen atoms in total. The highest BCUT2D eigenvalue weighted by Crippen LogP contribution is 2.39. The van der Waals surface area contributed by atoms with E-state index in [0.29, 0.717) is 31.4 Å². The van der Waals surface area contributed by atoms with Gasteiger partial charge in [0.1, 0.15) is 12.8 Å². The van der Waals surface area contributed by atoms with Gasteiger partial charge >= 0.3 is 6.09 Å². The number of ether oxygens (including phenoxy) is 2. The van der Waals surface area contributed by atoms with Crippen molar-refractivity contribution < 1.29 is 19.4 Å². The zero-order chi connectivity index (χ0) is 24.3. The van der Waals surface area contributed by atoms with E-state index >= 15 is 0 Å². The zero-order valence-electron chi connectivity index (χ0n) is 19.6. The van der Waals surface area contributed by atoms with Crippen molar-refractivity contribution in [2.75, 3.05) is 13.2 Å². The highest BCUT2D eigenvalue weighted by molar-refractivity contribution is 6.76. The third-order valence-electron chi connectivity index (χ3n) is 5.87. The predicted octanol–water partition coefficient (Wildman–Crippen LogP) is 4.88. The van der Waals surface area contributed by atoms with E-state index in [2.05, 4.69) is 39.9 Å². The van der Waals surface area contributed by atoms with E-state index in [9.17, 15) is 4.79 Å². The molecule has 4 rings (SSSR count). The number of aromatic nitrogens is 4. The molecular weight excluding hydrogens is 474 g/mol. The maximum absolute atomic E-state index is 10.7. The number of hydrogen-bond donors (Lipinski definition) is 2. The molecule has 1 aliphatic rings. The Balaban J connectivity index is 1.60. The molecule has 3 heterocycles. The summed E-state index contributed by atoms with van der Waals surface area (Å²) in [5.41, 5.74) is 2.46. The average molecular weight is 504 g/mol. The third kappa shape index (κ3) is 6.05. The molecule has 1 saturated carbocycles. The van der Waals surface area contributed by atoms with Crippen LogP contribution < -0.4 is 10.1 Å². The van der Waals surface area contributed by atoms with Crippen LogP contribution in [0.15, 0.2) is 30.7 Å². The summed E-state index contributed by atoms with van der Waals surface area (Å²) in [6.07, 6.45) is 5.91. The van der Waals surface area contributed by atoms with Crippen LogP contribution in [0, 0.1) is 5.92 Å². The van der Waals surface area contributed by atoms with Gasteiger partial charge in [-0.25, -0.2) is 4.79 Å². The molecule has 34 heavy (non-hydrogen) atoms. The summed E-state index contributed by atoms with van der Waals surface area (Å²) in [6.45, 7) is 8.42. The summed E-state index contributed by atoms with van der Waals surface area (Å²) >= 11 is 6.29. The fraction of sp³-hybridized carbons (Fsp3) is 0.478. The van der Waals surface area contributed by atoms with Crippen molar-refractivity contribution >= 4 is 36.8 Å². The molecule has 2 N–H and O–H groups in total. The van der Waals surface area contributed by atoms with Crippen molar-refractivity contribution in [1.29, 1.82) is 0 Å². The monoisotopic (exact) mass is 503 g/mol. The lowest BCUT2D eigenvalue weighted by atomic mass is 9.82. The highest BCUT2D eigenvalue weighted by Gasteiger charge is 2.32. The van der Waals surface area contributed by atoms with Crippen molar-refractivity contribution in [3.8, 4) is 17.0 Å². The van der Waals surface area contributed by atoms with Crippen LogP contribution >= 0.6 is 11.6 Å². The number of carboxylic acid groups (broad SMARTS) is 1. The van der Waals surface area contributed by atoms with Crippen LogP contribution in [-0.4, -0.2) is 58.0 Å². The summed E-state index contributed by atoms with van der Waals surface area (Å²) < 4.78 is 14.2. The van der Waals surface area contributed by atoms with Gasteiger partial charge in [-0.05, 0) is 42.5 Å². The number of carbonyl (C=O) groups is 1. The van der Waals surface area contributed by atoms with Gasteiger partial charge in [0.15, 0.2) is 5.65 Å². The molecule has 3 aromatic rings. The molecule has 0 saturated heterocycles. The Labute approximate surface area is 204 Å². The molecule has 182 valence electrons. The maximum Gasteiger partial charge on any atom is 0.404 e. The fourth-order valence-electron chi connectivity index (χ4n) is 3.92. The van der Waals surface area contributed by atoms with E-state index in [0.717, 1.165) is 35.4 Å². The van der Waals surface area contributed by atoms with Crippen LogP contribution in [0.25, 0.3) is 22.2 Å². The smallest absolute Gasteiger partial charge is 0.404 e. The Morgan fingerprint density at radius 3 is 2.79 bits per heavy atom. The number of halogens is 1. The number of nitrogens with one attached hydrogen (secondary N) is 1. The summed E-state index contributed by atoms with van der Waals surface area (Å²) in [6, 6.07) is 4.94. The Morgan fingerprint density at radius 1 is 1.32 bits per heavy atom. The lowest BCUT2D eigenvalue weighted by Crippen LogP contribution is -2.40. The first kappa shape index (κ1) is 24.4. The molecule has 0 aliphatic heterocycles. The van der Waals surface area contributed by atoms with Crippen LogP contribution in [-0.2, 0) is 11.5 Å². The maximum atomic E-state index is 10.7. The van der Waals surface area contributed by atoms with E-state index in [1.165, 1.54) is 0 Å². The third-order valence-corrected chi connectivity index (χ3v) is 7.74. The number of nitrogens with zero attached hydrogens (tertiary/aromatic N) is 4. The Bertz CT molecular complexity index is 1150. The average Bonchev–Trinajstić information content (AvgIpc) is 3.11. The number of hydrogen-bond acceptors (Lipinski definition) is 6. The first-order valence-corrected chi connectivity index (χ1v) is 15.5. The van der Waals surface area contributed by atoms with E-state index < -0.39 is 14.2 Å². The summed E-state index contributed by atoms with van der Waals surface area (Å²) in [7, 11) is -1.20. The molecule has 1 amide bonds. The summed E-state index contributed by atoms with van der Waals surface area (Å²) in [4.78, 5) is 23.9. The van der Waals surface area contributed by atoms with Crippen LogP contribution in [0.1, 0.15) is 12.8 Å². The van der Waals surface area contributed by atoms with Crippen molar-refractivity contribution in [1.82, 2.24) is 24.8 Å². The van der Waals surface area contributed by atoms with Crippen molar-refractivity contribution in [2.24, 2.45) is 5.92 Å². The second kappa shape index (κ2) is 10.3. The van der Waals surface area contributed by atoms with Crippen LogP contribution in [0.4, 0.5) is 4.79 Å². The lowest BCUT2D eigenvalue weighted by molar-refractivity contribution is 0.0619. The Morgan fingerprint density at radius 2 is 2.12 bits per heavy atom. The molecule has 0 radical (unpaired) electrons. The number of fused-ring (bicyclic) bond motifs is 1. The minimum atomic E-state index is -1.20. The molecular formula is C23H30ClN5O4Si. The van der Waals surface area contributed by atoms with Gasteiger partial charge in [0.05, 0.1) is 5.39 Å². The molecule has 11 heteroatoms. The molecule has 0 unspecified atom stereocenters. The predicted molar refractivity (Wildman–Crippen MR) is 133 cm³/mol. The van der Waals surface area contributed by atoms with Gasteiger partial charge in [-0.3, -0.25) is 4.98 Å². The normalized spacial score (nSPS) is 18.0. The molecule has 3 aromatic heterocycles. The van der Waals surface area contributed by atoms with Gasteiger partial charge in [-0.15, -0.1) is 0 Å². The molecule has 0 atom stereocenters. The molecule has 1 aliphatic carbocycles. The van der Waals surface area contributed by atoms with Gasteiger partial charge in [-0.1, -0.05) is 25.7 Å². The van der Waals surface area contributed by atoms with E-state index in [1.54, 1.807) is 12.4 Å². The van der Waals surface area contributed by atoms with Crippen LogP contribution in [0.3, 0.4) is 0 Å². The Kier molecular flexibility index (Phi) is 7.39. The minimum Gasteiger partial charge on any atom is -0.474 e. The Hall–Kier alpha value is -2.69. The van der Waals surface area contributed by atoms with Crippen molar-refractivity contribution in [2.45, 2.75) is 51.4 Å². The molecule has 0 aromatic carbocycles. The number of pyridine rings is 1. The van der Waals surface area contributed by atoms with Gasteiger partial charge < -0.3 is 24.5 Å². The van der Waals surface area contributed by atoms with Crippen LogP contribution in [0.2, 0.25) is 31.0 Å². The summed E-state index contributed by atoms with van der Waals surface area (Å²) in [5, 5.41) is 12.1. The van der Waals surface area contributed by atoms with E-state index in [1.807, 2.05) is 22.9 Å². The van der Waals surface area contributed by atoms with Gasteiger partial charge in [0.2, 0.25) is 11.2 Å². The molecule has 0 spiro atoms. The lowest BCUT2D eigenvalue weighted by Gasteiger charge is -2.34. The standard InChI is InChI=1S/C23H30ClN5O4Si/c1-34(2,3)8-7-32-14-29-13-18(16-5-4-6-25-12-16)19-20(29)27-22(24)28-21(19)33-17-9-15(10-17)11-26-23(30)31/h4-6,12-13,15,17,26H,7-11,14H2,1-3H3,(H,30,31)/t15-,17-. The fourth-order valence-corrected chi connectivity index (χ4v) is 4.84. The minimum absolute atomic E-state index is 0.0622. The first-order valence-electron chi connectivity index (χ1n) is 11.4. The first-order chi connectivity index (χ1) is 16.2. The summed E-state index contributed by atoms with van der Waals surface area (Å²) in [5.74, 6) is 0.667. The van der Waals surface area contributed by atoms with Crippen LogP contribution in [0.5, 0.6) is 5.88 Å². The highest BCUT2D eigenvalue weighted by atomic mass is 35.5. The van der Waals surface area contributed by atoms with Gasteiger partial charge in [0.25, 0.3) is 0 Å². The molecule has 0 bridgehead atoms. The molecule has 1 fully saturated rings. The topological polar surface area (TPSA) is 111 Å². The SMILES string of the molecule is C[Si](C)(C)CCOCn1cc(-c2cccnc2)c2c(O[C@H]3C[C@H](CNC(=O)O)C3)nc(Cl)nc21. The van der Waals surface area contributed by atoms with Crippen molar-refractivity contribution in [3.63, 3.8) is 0 Å². The van der Waals surface area contributed by atoms with Crippen molar-refractivity contribution in [3.05, 3.63) is 36.0 Å².